The van der Waals surface area contributed by atoms with E-state index in [-0.39, 0.29) is 0 Å². The fraction of sp³-hybridized carbons (Fsp3) is 0.417. The lowest BCUT2D eigenvalue weighted by molar-refractivity contribution is 0.844. The average molecular weight is 190 g/mol. The van der Waals surface area contributed by atoms with E-state index in [1.807, 2.05) is 6.07 Å². The number of rotatable bonds is 4. The molecule has 0 aromatic carbocycles. The number of anilines is 1. The standard InChI is InChI=1S/C12H18N2/c1-5-11-8-10(4)9-12(13-11)14(6-2)7-3/h5,8-9H,1,6-7H2,2-4H3. The Labute approximate surface area is 86.3 Å². The Morgan fingerprint density at radius 2 is 2.00 bits per heavy atom. The SMILES string of the molecule is C=Cc1cc(C)cc(N(CC)CC)n1. The molecule has 0 aliphatic rings. The highest BCUT2D eigenvalue weighted by Gasteiger charge is 2.04. The highest BCUT2D eigenvalue weighted by atomic mass is 15.2. The van der Waals surface area contributed by atoms with Crippen LogP contribution in [0.2, 0.25) is 0 Å². The molecule has 1 aromatic rings. The maximum Gasteiger partial charge on any atom is 0.129 e. The van der Waals surface area contributed by atoms with Crippen molar-refractivity contribution in [1.82, 2.24) is 4.98 Å². The van der Waals surface area contributed by atoms with Gasteiger partial charge < -0.3 is 4.90 Å². The van der Waals surface area contributed by atoms with Crippen LogP contribution in [-0.4, -0.2) is 18.1 Å². The summed E-state index contributed by atoms with van der Waals surface area (Å²) in [5, 5.41) is 0. The van der Waals surface area contributed by atoms with Crippen LogP contribution in [0.5, 0.6) is 0 Å². The van der Waals surface area contributed by atoms with E-state index in [1.165, 1.54) is 5.56 Å². The zero-order valence-corrected chi connectivity index (χ0v) is 9.25. The smallest absolute Gasteiger partial charge is 0.129 e. The van der Waals surface area contributed by atoms with Crippen LogP contribution in [0.1, 0.15) is 25.1 Å². The second-order valence-corrected chi connectivity index (χ2v) is 3.30. The molecule has 2 heteroatoms. The van der Waals surface area contributed by atoms with Gasteiger partial charge in [-0.05, 0) is 44.5 Å². The van der Waals surface area contributed by atoms with Gasteiger partial charge in [0.15, 0.2) is 0 Å². The highest BCUT2D eigenvalue weighted by molar-refractivity contribution is 5.50. The van der Waals surface area contributed by atoms with Crippen LogP contribution in [0.25, 0.3) is 6.08 Å². The molecule has 0 atom stereocenters. The van der Waals surface area contributed by atoms with E-state index in [9.17, 15) is 0 Å². The van der Waals surface area contributed by atoms with Crippen molar-refractivity contribution >= 4 is 11.9 Å². The van der Waals surface area contributed by atoms with Crippen LogP contribution in [0, 0.1) is 6.92 Å². The first kappa shape index (κ1) is 10.8. The quantitative estimate of drug-likeness (QED) is 0.725. The van der Waals surface area contributed by atoms with E-state index in [2.05, 4.69) is 43.3 Å². The summed E-state index contributed by atoms with van der Waals surface area (Å²) in [4.78, 5) is 6.74. The average Bonchev–Trinajstić information content (AvgIpc) is 2.19. The Morgan fingerprint density at radius 3 is 2.50 bits per heavy atom. The maximum atomic E-state index is 4.50. The second-order valence-electron chi connectivity index (χ2n) is 3.30. The molecule has 0 radical (unpaired) electrons. The van der Waals surface area contributed by atoms with Crippen LogP contribution in [0.3, 0.4) is 0 Å². The van der Waals surface area contributed by atoms with Gasteiger partial charge in [0.2, 0.25) is 0 Å². The molecule has 0 N–H and O–H groups in total. The molecule has 0 aliphatic heterocycles. The van der Waals surface area contributed by atoms with E-state index in [0.717, 1.165) is 24.6 Å². The van der Waals surface area contributed by atoms with Crippen molar-refractivity contribution in [2.45, 2.75) is 20.8 Å². The Balaban J connectivity index is 3.07. The van der Waals surface area contributed by atoms with Gasteiger partial charge in [0, 0.05) is 13.1 Å². The monoisotopic (exact) mass is 190 g/mol. The van der Waals surface area contributed by atoms with Gasteiger partial charge in [0.1, 0.15) is 5.82 Å². The van der Waals surface area contributed by atoms with Gasteiger partial charge >= 0.3 is 0 Å². The third kappa shape index (κ3) is 2.34. The number of aryl methyl sites for hydroxylation is 1. The van der Waals surface area contributed by atoms with Crippen LogP contribution < -0.4 is 4.90 Å². The third-order valence-electron chi connectivity index (χ3n) is 2.27. The molecule has 1 aromatic heterocycles. The zero-order valence-electron chi connectivity index (χ0n) is 9.25. The number of hydrogen-bond acceptors (Lipinski definition) is 2. The molecule has 0 spiro atoms. The Hall–Kier alpha value is -1.31. The summed E-state index contributed by atoms with van der Waals surface area (Å²) in [5.41, 5.74) is 2.18. The minimum atomic E-state index is 0.951. The maximum absolute atomic E-state index is 4.50. The summed E-state index contributed by atoms with van der Waals surface area (Å²) >= 11 is 0. The van der Waals surface area contributed by atoms with E-state index in [0.29, 0.717) is 0 Å². The minimum Gasteiger partial charge on any atom is -0.357 e. The third-order valence-corrected chi connectivity index (χ3v) is 2.27. The highest BCUT2D eigenvalue weighted by Crippen LogP contribution is 2.14. The van der Waals surface area contributed by atoms with Gasteiger partial charge in [-0.1, -0.05) is 6.58 Å². The molecule has 0 unspecified atom stereocenters. The normalized spacial score (nSPS) is 9.93. The molecular weight excluding hydrogens is 172 g/mol. The Kier molecular flexibility index (Phi) is 3.69. The topological polar surface area (TPSA) is 16.1 Å². The molecule has 14 heavy (non-hydrogen) atoms. The molecule has 1 rings (SSSR count). The number of nitrogens with zero attached hydrogens (tertiary/aromatic N) is 2. The van der Waals surface area contributed by atoms with Gasteiger partial charge in [0.25, 0.3) is 0 Å². The van der Waals surface area contributed by atoms with Crippen LogP contribution in [0.15, 0.2) is 18.7 Å². The van der Waals surface area contributed by atoms with Crippen LogP contribution in [0.4, 0.5) is 5.82 Å². The van der Waals surface area contributed by atoms with Gasteiger partial charge in [0.05, 0.1) is 5.69 Å². The molecule has 1 heterocycles. The molecule has 0 aliphatic carbocycles. The Bertz CT molecular complexity index is 314. The summed E-state index contributed by atoms with van der Waals surface area (Å²) in [6, 6.07) is 4.15. The second kappa shape index (κ2) is 4.80. The summed E-state index contributed by atoms with van der Waals surface area (Å²) in [6.45, 7) is 12.1. The van der Waals surface area contributed by atoms with E-state index in [4.69, 9.17) is 0 Å². The number of pyridine rings is 1. The molecule has 76 valence electrons. The molecule has 0 saturated heterocycles. The predicted octanol–water partition coefficient (Wildman–Crippen LogP) is 2.88. The van der Waals surface area contributed by atoms with Crippen molar-refractivity contribution < 1.29 is 0 Å². The molecular formula is C12H18N2. The molecule has 0 amide bonds. The van der Waals surface area contributed by atoms with E-state index in [1.54, 1.807) is 6.08 Å². The number of hydrogen-bond donors (Lipinski definition) is 0. The van der Waals surface area contributed by atoms with Crippen LogP contribution >= 0.6 is 0 Å². The summed E-state index contributed by atoms with van der Waals surface area (Å²) in [6.07, 6.45) is 1.79. The lowest BCUT2D eigenvalue weighted by Crippen LogP contribution is -2.23. The summed E-state index contributed by atoms with van der Waals surface area (Å²) in [7, 11) is 0. The van der Waals surface area contributed by atoms with Crippen molar-refractivity contribution in [2.75, 3.05) is 18.0 Å². The zero-order chi connectivity index (χ0) is 10.6. The molecule has 0 bridgehead atoms. The van der Waals surface area contributed by atoms with Gasteiger partial charge in [-0.2, -0.15) is 0 Å². The predicted molar refractivity (Wildman–Crippen MR) is 62.6 cm³/mol. The van der Waals surface area contributed by atoms with E-state index < -0.39 is 0 Å². The Morgan fingerprint density at radius 1 is 1.36 bits per heavy atom. The van der Waals surface area contributed by atoms with Gasteiger partial charge in [-0.3, -0.25) is 0 Å². The molecule has 0 fully saturated rings. The lowest BCUT2D eigenvalue weighted by atomic mass is 10.2. The molecule has 2 nitrogen and oxygen atoms in total. The minimum absolute atomic E-state index is 0.951. The lowest BCUT2D eigenvalue weighted by Gasteiger charge is -2.20. The summed E-state index contributed by atoms with van der Waals surface area (Å²) in [5.74, 6) is 1.05. The first-order chi connectivity index (χ1) is 6.71. The fourth-order valence-corrected chi connectivity index (χ4v) is 1.49. The van der Waals surface area contributed by atoms with Crippen LogP contribution in [-0.2, 0) is 0 Å². The molecule has 0 saturated carbocycles. The van der Waals surface area contributed by atoms with Crippen molar-refractivity contribution in [2.24, 2.45) is 0 Å². The van der Waals surface area contributed by atoms with Gasteiger partial charge in [-0.25, -0.2) is 4.98 Å². The van der Waals surface area contributed by atoms with Crippen molar-refractivity contribution in [1.29, 1.82) is 0 Å². The number of aromatic nitrogens is 1. The first-order valence-electron chi connectivity index (χ1n) is 5.07. The van der Waals surface area contributed by atoms with Crippen molar-refractivity contribution in [3.05, 3.63) is 30.0 Å². The van der Waals surface area contributed by atoms with Gasteiger partial charge in [-0.15, -0.1) is 0 Å². The van der Waals surface area contributed by atoms with Crippen molar-refractivity contribution in [3.63, 3.8) is 0 Å². The van der Waals surface area contributed by atoms with E-state index >= 15 is 0 Å². The van der Waals surface area contributed by atoms with Crippen molar-refractivity contribution in [3.8, 4) is 0 Å². The largest absolute Gasteiger partial charge is 0.357 e. The fourth-order valence-electron chi connectivity index (χ4n) is 1.49. The summed E-state index contributed by atoms with van der Waals surface area (Å²) < 4.78 is 0. The first-order valence-corrected chi connectivity index (χ1v) is 5.07.